The van der Waals surface area contributed by atoms with Gasteiger partial charge in [-0.3, -0.25) is 0 Å². The summed E-state index contributed by atoms with van der Waals surface area (Å²) in [6.07, 6.45) is 2.72. The molecule has 3 rings (SSSR count). The molecule has 134 valence electrons. The van der Waals surface area contributed by atoms with Crippen molar-refractivity contribution in [2.75, 3.05) is 61.6 Å². The zero-order valence-corrected chi connectivity index (χ0v) is 14.5. The minimum absolute atomic E-state index is 0.203. The first kappa shape index (κ1) is 17.4. The molecule has 2 aromatic rings. The molecule has 0 aliphatic carbocycles. The molecule has 0 atom stereocenters. The number of piperazine rings is 1. The zero-order valence-electron chi connectivity index (χ0n) is 14.5. The molecule has 0 unspecified atom stereocenters. The number of halogens is 1. The normalized spacial score (nSPS) is 14.6. The van der Waals surface area contributed by atoms with Crippen LogP contribution in [0, 0.1) is 5.82 Å². The topological polar surface area (TPSA) is 53.5 Å². The molecule has 1 fully saturated rings. The smallest absolute Gasteiger partial charge is 0.227 e. The van der Waals surface area contributed by atoms with Crippen LogP contribution in [0.3, 0.4) is 0 Å². The summed E-state index contributed by atoms with van der Waals surface area (Å²) in [6.45, 7) is 4.95. The first-order valence-electron chi connectivity index (χ1n) is 8.57. The van der Waals surface area contributed by atoms with E-state index in [0.29, 0.717) is 0 Å². The van der Waals surface area contributed by atoms with Gasteiger partial charge in [-0.1, -0.05) is 0 Å². The zero-order chi connectivity index (χ0) is 17.5. The van der Waals surface area contributed by atoms with E-state index in [1.165, 1.54) is 12.1 Å². The molecule has 0 saturated carbocycles. The van der Waals surface area contributed by atoms with Crippen molar-refractivity contribution in [1.29, 1.82) is 0 Å². The van der Waals surface area contributed by atoms with Crippen molar-refractivity contribution in [1.82, 2.24) is 9.97 Å². The van der Waals surface area contributed by atoms with E-state index < -0.39 is 0 Å². The predicted octanol–water partition coefficient (Wildman–Crippen LogP) is 2.39. The molecule has 0 bridgehead atoms. The van der Waals surface area contributed by atoms with Crippen LogP contribution >= 0.6 is 0 Å². The third kappa shape index (κ3) is 4.79. The maximum Gasteiger partial charge on any atom is 0.227 e. The molecule has 1 aliphatic heterocycles. The van der Waals surface area contributed by atoms with Gasteiger partial charge in [0.1, 0.15) is 11.6 Å². The van der Waals surface area contributed by atoms with Gasteiger partial charge in [0, 0.05) is 58.3 Å². The van der Waals surface area contributed by atoms with Gasteiger partial charge in [-0.25, -0.2) is 9.37 Å². The Kier molecular flexibility index (Phi) is 6.00. The Morgan fingerprint density at radius 3 is 2.52 bits per heavy atom. The molecule has 6 nitrogen and oxygen atoms in total. The molecular formula is C18H24FN5O. The van der Waals surface area contributed by atoms with Crippen molar-refractivity contribution in [2.45, 2.75) is 6.42 Å². The van der Waals surface area contributed by atoms with Crippen LogP contribution in [0.4, 0.5) is 21.8 Å². The van der Waals surface area contributed by atoms with Gasteiger partial charge in [0.15, 0.2) is 0 Å². The van der Waals surface area contributed by atoms with Gasteiger partial charge in [0.2, 0.25) is 5.95 Å². The third-order valence-electron chi connectivity index (χ3n) is 4.23. The van der Waals surface area contributed by atoms with Gasteiger partial charge in [-0.05, 0) is 36.8 Å². The molecule has 2 heterocycles. The van der Waals surface area contributed by atoms with Crippen LogP contribution in [0.2, 0.25) is 0 Å². The van der Waals surface area contributed by atoms with Crippen molar-refractivity contribution in [3.63, 3.8) is 0 Å². The molecule has 1 aromatic heterocycles. The van der Waals surface area contributed by atoms with Crippen LogP contribution in [-0.2, 0) is 4.74 Å². The average Bonchev–Trinajstić information content (AvgIpc) is 2.66. The molecule has 0 radical (unpaired) electrons. The van der Waals surface area contributed by atoms with Crippen molar-refractivity contribution >= 4 is 17.5 Å². The fraction of sp³-hybridized carbons (Fsp3) is 0.444. The SMILES string of the molecule is COCCCNc1ccnc(N2CCN(c3ccc(F)cc3)CC2)n1. The summed E-state index contributed by atoms with van der Waals surface area (Å²) < 4.78 is 18.1. The Morgan fingerprint density at radius 1 is 1.08 bits per heavy atom. The maximum atomic E-state index is 13.1. The lowest BCUT2D eigenvalue weighted by Crippen LogP contribution is -2.47. The Labute approximate surface area is 147 Å². The summed E-state index contributed by atoms with van der Waals surface area (Å²) in [4.78, 5) is 13.4. The Morgan fingerprint density at radius 2 is 1.80 bits per heavy atom. The molecule has 0 spiro atoms. The fourth-order valence-corrected chi connectivity index (χ4v) is 2.85. The molecule has 1 N–H and O–H groups in total. The lowest BCUT2D eigenvalue weighted by Gasteiger charge is -2.36. The van der Waals surface area contributed by atoms with E-state index in [1.807, 2.05) is 18.2 Å². The summed E-state index contributed by atoms with van der Waals surface area (Å²) in [6, 6.07) is 8.54. The lowest BCUT2D eigenvalue weighted by atomic mass is 10.2. The number of rotatable bonds is 7. The second-order valence-corrected chi connectivity index (χ2v) is 5.97. The van der Waals surface area contributed by atoms with Crippen molar-refractivity contribution in [2.24, 2.45) is 0 Å². The fourth-order valence-electron chi connectivity index (χ4n) is 2.85. The van der Waals surface area contributed by atoms with Crippen LogP contribution in [0.1, 0.15) is 6.42 Å². The highest BCUT2D eigenvalue weighted by molar-refractivity contribution is 5.49. The van der Waals surface area contributed by atoms with Crippen LogP contribution in [0.15, 0.2) is 36.5 Å². The number of nitrogens with zero attached hydrogens (tertiary/aromatic N) is 4. The van der Waals surface area contributed by atoms with Gasteiger partial charge >= 0.3 is 0 Å². The minimum Gasteiger partial charge on any atom is -0.385 e. The van der Waals surface area contributed by atoms with E-state index in [9.17, 15) is 4.39 Å². The van der Waals surface area contributed by atoms with Gasteiger partial charge in [-0.15, -0.1) is 0 Å². The molecule has 1 aliphatic rings. The summed E-state index contributed by atoms with van der Waals surface area (Å²) >= 11 is 0. The lowest BCUT2D eigenvalue weighted by molar-refractivity contribution is 0.198. The van der Waals surface area contributed by atoms with Crippen LogP contribution in [0.5, 0.6) is 0 Å². The van der Waals surface area contributed by atoms with Crippen LogP contribution < -0.4 is 15.1 Å². The summed E-state index contributed by atoms with van der Waals surface area (Å²) in [5.41, 5.74) is 1.05. The number of ether oxygens (including phenoxy) is 1. The van der Waals surface area contributed by atoms with Crippen molar-refractivity contribution < 1.29 is 9.13 Å². The highest BCUT2D eigenvalue weighted by Gasteiger charge is 2.19. The third-order valence-corrected chi connectivity index (χ3v) is 4.23. The van der Waals surface area contributed by atoms with Crippen LogP contribution in [-0.4, -0.2) is 56.4 Å². The first-order valence-corrected chi connectivity index (χ1v) is 8.57. The number of hydrogen-bond donors (Lipinski definition) is 1. The molecular weight excluding hydrogens is 321 g/mol. The van der Waals surface area contributed by atoms with E-state index in [0.717, 1.165) is 63.2 Å². The van der Waals surface area contributed by atoms with Gasteiger partial charge < -0.3 is 19.9 Å². The van der Waals surface area contributed by atoms with Gasteiger partial charge in [0.05, 0.1) is 0 Å². The molecule has 1 aromatic carbocycles. The largest absolute Gasteiger partial charge is 0.385 e. The van der Waals surface area contributed by atoms with E-state index in [-0.39, 0.29) is 5.82 Å². The Balaban J connectivity index is 1.54. The number of methoxy groups -OCH3 is 1. The standard InChI is InChI=1S/C18H24FN5O/c1-25-14-2-8-20-17-7-9-21-18(22-17)24-12-10-23(11-13-24)16-5-3-15(19)4-6-16/h3-7,9H,2,8,10-14H2,1H3,(H,20,21,22). The molecule has 0 amide bonds. The first-order chi connectivity index (χ1) is 12.3. The van der Waals surface area contributed by atoms with E-state index in [4.69, 9.17) is 4.74 Å². The van der Waals surface area contributed by atoms with E-state index in [1.54, 1.807) is 13.3 Å². The van der Waals surface area contributed by atoms with E-state index in [2.05, 4.69) is 25.1 Å². The van der Waals surface area contributed by atoms with Gasteiger partial charge in [0.25, 0.3) is 0 Å². The second kappa shape index (κ2) is 8.62. The maximum absolute atomic E-state index is 13.1. The van der Waals surface area contributed by atoms with Gasteiger partial charge in [-0.2, -0.15) is 4.98 Å². The number of anilines is 3. The number of benzene rings is 1. The van der Waals surface area contributed by atoms with Crippen LogP contribution in [0.25, 0.3) is 0 Å². The quantitative estimate of drug-likeness (QED) is 0.778. The summed E-state index contributed by atoms with van der Waals surface area (Å²) in [5.74, 6) is 1.38. The van der Waals surface area contributed by atoms with E-state index >= 15 is 0 Å². The Bertz CT molecular complexity index is 659. The average molecular weight is 345 g/mol. The minimum atomic E-state index is -0.203. The highest BCUT2D eigenvalue weighted by Crippen LogP contribution is 2.19. The number of aromatic nitrogens is 2. The predicted molar refractivity (Wildman–Crippen MR) is 97.8 cm³/mol. The number of hydrogen-bond acceptors (Lipinski definition) is 6. The monoisotopic (exact) mass is 345 g/mol. The van der Waals surface area contributed by atoms with Crippen molar-refractivity contribution in [3.8, 4) is 0 Å². The Hall–Kier alpha value is -2.41. The summed E-state index contributed by atoms with van der Waals surface area (Å²) in [5, 5.41) is 3.30. The summed E-state index contributed by atoms with van der Waals surface area (Å²) in [7, 11) is 1.70. The number of nitrogens with one attached hydrogen (secondary N) is 1. The molecule has 1 saturated heterocycles. The highest BCUT2D eigenvalue weighted by atomic mass is 19.1. The van der Waals surface area contributed by atoms with Crippen molar-refractivity contribution in [3.05, 3.63) is 42.3 Å². The molecule has 7 heteroatoms. The molecule has 25 heavy (non-hydrogen) atoms. The second-order valence-electron chi connectivity index (χ2n) is 5.97.